The third-order valence-electron chi connectivity index (χ3n) is 9.42. The van der Waals surface area contributed by atoms with Crippen molar-refractivity contribution in [3.8, 4) is 0 Å². The van der Waals surface area contributed by atoms with Gasteiger partial charge in [0.1, 0.15) is 0 Å². The maximum atomic E-state index is 8.93. The van der Waals surface area contributed by atoms with Crippen molar-refractivity contribution in [2.75, 3.05) is 98.4 Å². The lowest BCUT2D eigenvalue weighted by Crippen LogP contribution is -2.50. The summed E-state index contributed by atoms with van der Waals surface area (Å²) in [5, 5.41) is 26.8. The molecule has 0 aliphatic heterocycles. The van der Waals surface area contributed by atoms with Crippen LogP contribution in [0.15, 0.2) is 0 Å². The van der Waals surface area contributed by atoms with Crippen LogP contribution in [0.25, 0.3) is 0 Å². The monoisotopic (exact) mass is 694 g/mol. The fourth-order valence-electron chi connectivity index (χ4n) is 6.55. The van der Waals surface area contributed by atoms with Crippen molar-refractivity contribution in [2.24, 2.45) is 0 Å². The average molecular weight is 694 g/mol. The van der Waals surface area contributed by atoms with Crippen LogP contribution in [-0.2, 0) is 0 Å². The molecule has 0 aromatic heterocycles. The van der Waals surface area contributed by atoms with Gasteiger partial charge < -0.3 is 28.8 Å². The smallest absolute Gasteiger partial charge is 0.0786 e. The standard InChI is InChI=1S/C16H36N.C12H28N.C8H20N.3C2H5O/c1-5-9-13-17(14-10-6-2,15-11-7-3)16-12-8-4;1-5-9-13(10-6-2,11-7-3)12-8-4;1-5-9(6-2,7-3)8-4;3*1-2-3/h5-16H2,1-4H3;5-12H2,1-4H3;5-8H2,1-4H3;3*2H2,1H3/q3*+1;3*-1. The Kier molecular flexibility index (Phi) is 61.0. The van der Waals surface area contributed by atoms with E-state index in [1.165, 1.54) is 169 Å². The summed E-state index contributed by atoms with van der Waals surface area (Å²) in [5.41, 5.74) is 0. The summed E-state index contributed by atoms with van der Waals surface area (Å²) in [4.78, 5) is 0. The van der Waals surface area contributed by atoms with Gasteiger partial charge >= 0.3 is 0 Å². The Hall–Kier alpha value is -0.240. The lowest BCUT2D eigenvalue weighted by atomic mass is 10.1. The first-order chi connectivity index (χ1) is 23.0. The zero-order chi connectivity index (χ0) is 38.6. The van der Waals surface area contributed by atoms with Crippen molar-refractivity contribution in [3.63, 3.8) is 0 Å². The lowest BCUT2D eigenvalue weighted by molar-refractivity contribution is -0.929. The fourth-order valence-corrected chi connectivity index (χ4v) is 6.55. The Labute approximate surface area is 307 Å². The van der Waals surface area contributed by atoms with E-state index >= 15 is 0 Å². The van der Waals surface area contributed by atoms with Crippen LogP contribution in [-0.4, -0.2) is 112 Å². The molecule has 0 saturated heterocycles. The summed E-state index contributed by atoms with van der Waals surface area (Å²) in [7, 11) is 0. The molecule has 0 aliphatic rings. The summed E-state index contributed by atoms with van der Waals surface area (Å²) >= 11 is 0. The zero-order valence-electron chi connectivity index (χ0n) is 36.7. The van der Waals surface area contributed by atoms with Gasteiger partial charge in [-0.25, -0.2) is 0 Å². The van der Waals surface area contributed by atoms with Crippen LogP contribution in [0.2, 0.25) is 0 Å². The highest BCUT2D eigenvalue weighted by molar-refractivity contribution is 4.49. The molecule has 0 unspecified atom stereocenters. The summed E-state index contributed by atoms with van der Waals surface area (Å²) < 4.78 is 4.07. The van der Waals surface area contributed by atoms with Gasteiger partial charge in [0.2, 0.25) is 0 Å². The van der Waals surface area contributed by atoms with Gasteiger partial charge in [-0.2, -0.15) is 0 Å². The maximum absolute atomic E-state index is 8.93. The Morgan fingerprint density at radius 2 is 0.417 bits per heavy atom. The van der Waals surface area contributed by atoms with Crippen LogP contribution in [0.5, 0.6) is 0 Å². The second-order valence-electron chi connectivity index (χ2n) is 13.4. The second-order valence-corrected chi connectivity index (χ2v) is 13.4. The number of rotatable bonds is 24. The molecule has 0 N–H and O–H groups in total. The Morgan fingerprint density at radius 3 is 0.521 bits per heavy atom. The summed E-state index contributed by atoms with van der Waals surface area (Å²) in [6.07, 6.45) is 16.4. The molecule has 6 heteroatoms. The van der Waals surface area contributed by atoms with E-state index in [0.29, 0.717) is 0 Å². The van der Waals surface area contributed by atoms with E-state index in [2.05, 4.69) is 83.1 Å². The molecule has 0 aliphatic carbocycles. The molecule has 0 fully saturated rings. The van der Waals surface area contributed by atoms with E-state index in [0.717, 1.165) is 0 Å². The molecular weight excluding hydrogens is 594 g/mol. The van der Waals surface area contributed by atoms with E-state index in [9.17, 15) is 0 Å². The van der Waals surface area contributed by atoms with Crippen LogP contribution in [0.4, 0.5) is 0 Å². The van der Waals surface area contributed by atoms with Crippen molar-refractivity contribution >= 4 is 0 Å². The van der Waals surface area contributed by atoms with Gasteiger partial charge in [-0.3, -0.25) is 0 Å². The van der Waals surface area contributed by atoms with E-state index in [-0.39, 0.29) is 19.8 Å². The van der Waals surface area contributed by atoms with Crippen molar-refractivity contribution < 1.29 is 28.8 Å². The lowest BCUT2D eigenvalue weighted by Gasteiger charge is -2.39. The van der Waals surface area contributed by atoms with Crippen molar-refractivity contribution in [2.45, 2.75) is 181 Å². The zero-order valence-corrected chi connectivity index (χ0v) is 36.7. The Morgan fingerprint density at radius 1 is 0.250 bits per heavy atom. The number of hydrogen-bond donors (Lipinski definition) is 0. The molecule has 0 spiro atoms. The van der Waals surface area contributed by atoms with Gasteiger partial charge in [0.25, 0.3) is 0 Å². The number of hydrogen-bond acceptors (Lipinski definition) is 3. The Balaban J connectivity index is -0.000000126. The van der Waals surface area contributed by atoms with Crippen LogP contribution < -0.4 is 15.3 Å². The van der Waals surface area contributed by atoms with Crippen LogP contribution in [0.3, 0.4) is 0 Å². The third-order valence-corrected chi connectivity index (χ3v) is 9.42. The van der Waals surface area contributed by atoms with Crippen molar-refractivity contribution in [1.82, 2.24) is 0 Å². The highest BCUT2D eigenvalue weighted by Crippen LogP contribution is 2.16. The molecule has 0 amide bonds. The highest BCUT2D eigenvalue weighted by atomic mass is 16.3. The summed E-state index contributed by atoms with van der Waals surface area (Å²) in [6, 6.07) is 0. The predicted octanol–water partition coefficient (Wildman–Crippen LogP) is 8.43. The number of quaternary nitrogens is 3. The number of unbranched alkanes of at least 4 members (excludes halogenated alkanes) is 4. The molecule has 6 nitrogen and oxygen atoms in total. The first-order valence-electron chi connectivity index (χ1n) is 21.3. The van der Waals surface area contributed by atoms with Crippen molar-refractivity contribution in [1.29, 1.82) is 0 Å². The minimum absolute atomic E-state index is 0. The van der Waals surface area contributed by atoms with Gasteiger partial charge in [0, 0.05) is 0 Å². The topological polar surface area (TPSA) is 69.2 Å². The fraction of sp³-hybridized carbons (Fsp3) is 1.00. The minimum Gasteiger partial charge on any atom is -0.855 e. The number of nitrogens with zero attached hydrogens (tertiary/aromatic N) is 3. The molecular formula is C42H99N3O3. The van der Waals surface area contributed by atoms with Gasteiger partial charge in [0.15, 0.2) is 0 Å². The average Bonchev–Trinajstić information content (AvgIpc) is 3.08. The Bertz CT molecular complexity index is 427. The van der Waals surface area contributed by atoms with Crippen LogP contribution >= 0.6 is 0 Å². The van der Waals surface area contributed by atoms with Crippen LogP contribution in [0.1, 0.15) is 181 Å². The molecule has 0 bridgehead atoms. The van der Waals surface area contributed by atoms with Gasteiger partial charge in [-0.05, 0) is 79.1 Å². The molecule has 0 rings (SSSR count). The van der Waals surface area contributed by atoms with Crippen LogP contribution in [0, 0.1) is 0 Å². The van der Waals surface area contributed by atoms with Gasteiger partial charge in [-0.1, -0.05) is 102 Å². The van der Waals surface area contributed by atoms with E-state index in [1.807, 2.05) is 0 Å². The third kappa shape index (κ3) is 40.2. The van der Waals surface area contributed by atoms with Crippen molar-refractivity contribution in [3.05, 3.63) is 0 Å². The predicted molar refractivity (Wildman–Crippen MR) is 214 cm³/mol. The normalized spacial score (nSPS) is 10.9. The quantitative estimate of drug-likeness (QED) is 0.0954. The van der Waals surface area contributed by atoms with Gasteiger partial charge in [-0.15, -0.1) is 19.8 Å². The summed E-state index contributed by atoms with van der Waals surface area (Å²) in [5.74, 6) is 0. The maximum Gasteiger partial charge on any atom is 0.0786 e. The largest absolute Gasteiger partial charge is 0.855 e. The molecule has 0 aromatic rings. The van der Waals surface area contributed by atoms with Gasteiger partial charge in [0.05, 0.1) is 78.5 Å². The van der Waals surface area contributed by atoms with E-state index in [4.69, 9.17) is 15.3 Å². The first kappa shape index (κ1) is 59.9. The molecule has 300 valence electrons. The molecule has 48 heavy (non-hydrogen) atoms. The molecule has 0 saturated carbocycles. The highest BCUT2D eigenvalue weighted by Gasteiger charge is 2.25. The van der Waals surface area contributed by atoms with E-state index < -0.39 is 0 Å². The molecule has 0 atom stereocenters. The SMILES string of the molecule is CCCC[N+](CCCC)(CCCC)CCCC.CCC[N+](CCC)(CCC)CCC.CC[N+](CC)(CC)CC.CC[O-].CC[O-].CC[O-]. The minimum atomic E-state index is 0. The molecule has 0 heterocycles. The second kappa shape index (κ2) is 48.9. The first-order valence-corrected chi connectivity index (χ1v) is 21.3. The molecule has 0 aromatic carbocycles. The molecule has 0 radical (unpaired) electrons. The summed E-state index contributed by atoms with van der Waals surface area (Å²) in [6.45, 7) is 48.7. The van der Waals surface area contributed by atoms with E-state index in [1.54, 1.807) is 20.8 Å².